The number of nitrogens with one attached hydrogen (secondary N) is 1. The Labute approximate surface area is 140 Å². The van der Waals surface area contributed by atoms with E-state index >= 15 is 0 Å². The van der Waals surface area contributed by atoms with Crippen molar-refractivity contribution < 1.29 is 11.0 Å². The average molecular weight is 322 g/mol. The van der Waals surface area contributed by atoms with Crippen LogP contribution in [0.4, 0.5) is 0 Å². The average Bonchev–Trinajstić information content (AvgIpc) is 3.01. The highest BCUT2D eigenvalue weighted by atomic mass is 16.2. The predicted molar refractivity (Wildman–Crippen MR) is 89.6 cm³/mol. The quantitative estimate of drug-likeness (QED) is 0.721. The van der Waals surface area contributed by atoms with Crippen molar-refractivity contribution in [3.05, 3.63) is 0 Å². The van der Waals surface area contributed by atoms with Crippen LogP contribution < -0.4 is 5.32 Å². The highest BCUT2D eigenvalue weighted by Gasteiger charge is 2.47. The van der Waals surface area contributed by atoms with Gasteiger partial charge < -0.3 is 10.2 Å². The van der Waals surface area contributed by atoms with E-state index in [4.69, 9.17) is 5.26 Å². The zero-order valence-electron chi connectivity index (χ0n) is 14.3. The number of likely N-dealkylation sites (N-methyl/N-ethyl adjacent to an activating group) is 1. The van der Waals surface area contributed by atoms with Crippen LogP contribution in [-0.4, -0.2) is 59.9 Å². The van der Waals surface area contributed by atoms with Crippen molar-refractivity contribution in [1.82, 2.24) is 15.1 Å². The fourth-order valence-electron chi connectivity index (χ4n) is 3.43. The second-order valence-electron chi connectivity index (χ2n) is 6.60. The number of rotatable bonds is 7. The molecule has 0 aromatic carbocycles. The molecule has 0 aromatic heterocycles. The molecule has 130 valence electrons. The molecule has 0 spiro atoms. The minimum atomic E-state index is -0.289. The van der Waals surface area contributed by atoms with E-state index in [9.17, 15) is 9.59 Å². The Morgan fingerprint density at radius 1 is 1.30 bits per heavy atom. The molecule has 0 aromatic rings. The molecule has 3 atom stereocenters. The number of unbranched alkanes of at least 4 members (excludes halogenated alkanes) is 3. The number of hydrogen-bond acceptors (Lipinski definition) is 4. The van der Waals surface area contributed by atoms with Crippen molar-refractivity contribution in [2.75, 3.05) is 20.1 Å². The fourth-order valence-corrected chi connectivity index (χ4v) is 3.43. The second kappa shape index (κ2) is 8.30. The summed E-state index contributed by atoms with van der Waals surface area (Å²) in [6, 6.07) is 1.45. The molecule has 6 heteroatoms. The number of nitriles is 1. The number of amides is 2. The van der Waals surface area contributed by atoms with Crippen molar-refractivity contribution in [3.8, 4) is 6.07 Å². The summed E-state index contributed by atoms with van der Waals surface area (Å²) in [5, 5.41) is 12.1. The molecule has 2 saturated heterocycles. The molecule has 2 heterocycles. The lowest BCUT2D eigenvalue weighted by molar-refractivity contribution is -0.149. The Hall–Kier alpha value is -1.61. The summed E-state index contributed by atoms with van der Waals surface area (Å²) >= 11 is 0. The maximum atomic E-state index is 12.5. The number of carbonyl (C=O) groups excluding carboxylic acids is 2. The Kier molecular flexibility index (Phi) is 6.40. The van der Waals surface area contributed by atoms with Gasteiger partial charge in [-0.3, -0.25) is 14.5 Å². The Morgan fingerprint density at radius 2 is 2.09 bits per heavy atom. The molecule has 2 aliphatic heterocycles. The first kappa shape index (κ1) is 17.7. The second-order valence-corrected chi connectivity index (χ2v) is 6.60. The van der Waals surface area contributed by atoms with Crippen molar-refractivity contribution in [1.29, 1.82) is 5.26 Å². The van der Waals surface area contributed by atoms with Gasteiger partial charge in [-0.2, -0.15) is 5.26 Å². The van der Waals surface area contributed by atoms with Gasteiger partial charge in [-0.05, 0) is 32.7 Å². The van der Waals surface area contributed by atoms with E-state index in [-0.39, 0.29) is 31.4 Å². The number of likely N-dealkylation sites (tertiary alicyclic amines) is 2. The van der Waals surface area contributed by atoms with Gasteiger partial charge in [0.2, 0.25) is 11.8 Å². The maximum absolute atomic E-state index is 12.5. The van der Waals surface area contributed by atoms with Crippen LogP contribution in [0.25, 0.3) is 0 Å². The largest absolute Gasteiger partial charge is 0.355 e. The van der Waals surface area contributed by atoms with Gasteiger partial charge in [-0.25, -0.2) is 0 Å². The molecule has 0 saturated carbocycles. The lowest BCUT2D eigenvalue weighted by Crippen LogP contribution is -2.65. The molecule has 2 aliphatic rings. The smallest absolute Gasteiger partial charge is 0.241 e. The molecule has 1 N–H and O–H groups in total. The summed E-state index contributed by atoms with van der Waals surface area (Å²) in [5.74, 6) is 0.0230. The molecule has 23 heavy (non-hydrogen) atoms. The molecular weight excluding hydrogens is 292 g/mol. The molecular formula is C17H30N4O2. The first-order chi connectivity index (χ1) is 11.1. The van der Waals surface area contributed by atoms with E-state index in [0.29, 0.717) is 19.5 Å². The minimum Gasteiger partial charge on any atom is -0.355 e. The van der Waals surface area contributed by atoms with E-state index in [1.165, 1.54) is 12.8 Å². The SMILES string of the molecule is CCCCCCNC(=O)C1CC(C(=O)N2CCC[C@H]2C#N)N1C.[HH]. The van der Waals surface area contributed by atoms with Crippen molar-refractivity contribution in [2.45, 2.75) is 70.0 Å². The summed E-state index contributed by atoms with van der Waals surface area (Å²) in [6.07, 6.45) is 6.75. The van der Waals surface area contributed by atoms with Crippen LogP contribution in [0.5, 0.6) is 0 Å². The molecule has 0 bridgehead atoms. The van der Waals surface area contributed by atoms with Gasteiger partial charge in [0.25, 0.3) is 0 Å². The molecule has 0 aliphatic carbocycles. The molecule has 2 fully saturated rings. The van der Waals surface area contributed by atoms with Gasteiger partial charge in [-0.1, -0.05) is 26.2 Å². The highest BCUT2D eigenvalue weighted by molar-refractivity contribution is 5.89. The van der Waals surface area contributed by atoms with Gasteiger partial charge in [-0.15, -0.1) is 0 Å². The highest BCUT2D eigenvalue weighted by Crippen LogP contribution is 2.28. The summed E-state index contributed by atoms with van der Waals surface area (Å²) in [5.41, 5.74) is 0. The third-order valence-corrected chi connectivity index (χ3v) is 5.03. The third kappa shape index (κ3) is 4.03. The van der Waals surface area contributed by atoms with Crippen molar-refractivity contribution >= 4 is 11.8 Å². The topological polar surface area (TPSA) is 76.4 Å². The Morgan fingerprint density at radius 3 is 2.74 bits per heavy atom. The van der Waals surface area contributed by atoms with E-state index in [1.807, 2.05) is 11.9 Å². The first-order valence-corrected chi connectivity index (χ1v) is 8.79. The van der Waals surface area contributed by atoms with Gasteiger partial charge >= 0.3 is 0 Å². The third-order valence-electron chi connectivity index (χ3n) is 5.03. The van der Waals surface area contributed by atoms with E-state index < -0.39 is 0 Å². The molecule has 6 nitrogen and oxygen atoms in total. The summed E-state index contributed by atoms with van der Waals surface area (Å²) in [6.45, 7) is 3.54. The normalized spacial score (nSPS) is 27.3. The Balaban J connectivity index is 0.00000288. The zero-order chi connectivity index (χ0) is 16.8. The maximum Gasteiger partial charge on any atom is 0.241 e. The monoisotopic (exact) mass is 322 g/mol. The fraction of sp³-hybridized carbons (Fsp3) is 0.824. The van der Waals surface area contributed by atoms with Crippen LogP contribution in [-0.2, 0) is 9.59 Å². The van der Waals surface area contributed by atoms with Gasteiger partial charge in [0.1, 0.15) is 6.04 Å². The standard InChI is InChI=1S/C17H28N4O2.H2/c1-3-4-5-6-9-19-16(22)14-11-15(20(14)2)17(23)21-10-7-8-13(21)12-18;/h13-15H,3-11H2,1-2H3,(H,19,22);1H/t13-,14?,15?;/m0./s1. The number of carbonyl (C=O) groups is 2. The van der Waals surface area contributed by atoms with Crippen LogP contribution in [0.2, 0.25) is 0 Å². The molecule has 2 rings (SSSR count). The lowest BCUT2D eigenvalue weighted by atomic mass is 9.91. The van der Waals surface area contributed by atoms with Crippen LogP contribution in [0.3, 0.4) is 0 Å². The summed E-state index contributed by atoms with van der Waals surface area (Å²) < 4.78 is 0. The summed E-state index contributed by atoms with van der Waals surface area (Å²) in [4.78, 5) is 28.2. The number of nitrogens with zero attached hydrogens (tertiary/aromatic N) is 3. The summed E-state index contributed by atoms with van der Waals surface area (Å²) in [7, 11) is 1.82. The Bertz CT molecular complexity index is 480. The van der Waals surface area contributed by atoms with Gasteiger partial charge in [0, 0.05) is 14.5 Å². The van der Waals surface area contributed by atoms with Crippen molar-refractivity contribution in [3.63, 3.8) is 0 Å². The van der Waals surface area contributed by atoms with Gasteiger partial charge in [0.05, 0.1) is 18.2 Å². The first-order valence-electron chi connectivity index (χ1n) is 8.79. The van der Waals surface area contributed by atoms with E-state index in [1.54, 1.807) is 4.90 Å². The lowest BCUT2D eigenvalue weighted by Gasteiger charge is -2.45. The predicted octanol–water partition coefficient (Wildman–Crippen LogP) is 1.52. The molecule has 2 amide bonds. The van der Waals surface area contributed by atoms with Crippen LogP contribution >= 0.6 is 0 Å². The van der Waals surface area contributed by atoms with Crippen LogP contribution in [0.15, 0.2) is 0 Å². The van der Waals surface area contributed by atoms with E-state index in [0.717, 1.165) is 25.7 Å². The van der Waals surface area contributed by atoms with Gasteiger partial charge in [0.15, 0.2) is 0 Å². The number of hydrogen-bond donors (Lipinski definition) is 1. The van der Waals surface area contributed by atoms with Crippen LogP contribution in [0, 0.1) is 11.3 Å². The molecule has 0 radical (unpaired) electrons. The zero-order valence-corrected chi connectivity index (χ0v) is 14.3. The van der Waals surface area contributed by atoms with Crippen LogP contribution in [0.1, 0.15) is 53.3 Å². The van der Waals surface area contributed by atoms with Crippen molar-refractivity contribution in [2.24, 2.45) is 0 Å². The minimum absolute atomic E-state index is 0. The van der Waals surface area contributed by atoms with E-state index in [2.05, 4.69) is 18.3 Å². The molecule has 2 unspecified atom stereocenters.